The quantitative estimate of drug-likeness (QED) is 0.546. The van der Waals surface area contributed by atoms with E-state index in [-0.39, 0.29) is 17.9 Å². The van der Waals surface area contributed by atoms with Crippen molar-refractivity contribution in [3.05, 3.63) is 46.1 Å². The van der Waals surface area contributed by atoms with E-state index in [2.05, 4.69) is 46.8 Å². The number of benzene rings is 1. The van der Waals surface area contributed by atoms with Crippen LogP contribution in [-0.2, 0) is 11.2 Å². The van der Waals surface area contributed by atoms with Crippen molar-refractivity contribution in [2.75, 3.05) is 4.90 Å². The lowest BCUT2D eigenvalue weighted by Crippen LogP contribution is -2.37. The van der Waals surface area contributed by atoms with E-state index in [0.29, 0.717) is 5.88 Å². The molecule has 0 radical (unpaired) electrons. The van der Waals surface area contributed by atoms with Gasteiger partial charge < -0.3 is 9.64 Å². The molecule has 3 rings (SSSR count). The van der Waals surface area contributed by atoms with E-state index < -0.39 is 0 Å². The summed E-state index contributed by atoms with van der Waals surface area (Å²) in [4.78, 5) is 19.8. The topological polar surface area (TPSA) is 42.4 Å². The molecule has 29 heavy (non-hydrogen) atoms. The fraction of sp³-hybridized carbons (Fsp3) is 0.520. The molecule has 0 N–H and O–H groups in total. The highest BCUT2D eigenvalue weighted by Gasteiger charge is 2.40. The Morgan fingerprint density at radius 3 is 2.24 bits per heavy atom. The van der Waals surface area contributed by atoms with Gasteiger partial charge in [0.2, 0.25) is 11.8 Å². The maximum absolute atomic E-state index is 13.1. The molecule has 1 amide bonds. The van der Waals surface area contributed by atoms with Crippen molar-refractivity contribution in [3.8, 4) is 11.6 Å². The van der Waals surface area contributed by atoms with Gasteiger partial charge in [-0.25, -0.2) is 4.98 Å². The Morgan fingerprint density at radius 1 is 1.07 bits per heavy atom. The summed E-state index contributed by atoms with van der Waals surface area (Å²) in [5, 5.41) is 0. The summed E-state index contributed by atoms with van der Waals surface area (Å²) in [6.07, 6.45) is 4.06. The number of ether oxygens (including phenoxy) is 1. The summed E-state index contributed by atoms with van der Waals surface area (Å²) in [5.41, 5.74) is 6.31. The molecular weight excluding hydrogens is 360 g/mol. The van der Waals surface area contributed by atoms with Gasteiger partial charge in [-0.15, -0.1) is 0 Å². The molecule has 0 fully saturated rings. The van der Waals surface area contributed by atoms with E-state index in [4.69, 9.17) is 9.72 Å². The van der Waals surface area contributed by atoms with Gasteiger partial charge in [-0.1, -0.05) is 39.3 Å². The van der Waals surface area contributed by atoms with Crippen LogP contribution in [0.4, 0.5) is 5.69 Å². The number of rotatable bonds is 7. The predicted molar refractivity (Wildman–Crippen MR) is 119 cm³/mol. The van der Waals surface area contributed by atoms with E-state index in [1.54, 1.807) is 0 Å². The van der Waals surface area contributed by atoms with Gasteiger partial charge in [0, 0.05) is 11.7 Å². The predicted octanol–water partition coefficient (Wildman–Crippen LogP) is 6.39. The van der Waals surface area contributed by atoms with Gasteiger partial charge in [-0.3, -0.25) is 4.79 Å². The average molecular weight is 395 g/mol. The molecule has 4 heteroatoms. The third-order valence-corrected chi connectivity index (χ3v) is 6.00. The van der Waals surface area contributed by atoms with Crippen LogP contribution in [-0.4, -0.2) is 16.9 Å². The molecule has 156 valence electrons. The Balaban J connectivity index is 2.08. The van der Waals surface area contributed by atoms with Crippen LogP contribution >= 0.6 is 0 Å². The summed E-state index contributed by atoms with van der Waals surface area (Å²) in [6, 6.07) is 6.64. The van der Waals surface area contributed by atoms with Crippen molar-refractivity contribution in [1.29, 1.82) is 0 Å². The molecule has 1 aliphatic heterocycles. The summed E-state index contributed by atoms with van der Waals surface area (Å²) < 4.78 is 6.42. The fourth-order valence-corrected chi connectivity index (χ4v) is 4.53. The number of aryl methyl sites for hydroxylation is 4. The van der Waals surface area contributed by atoms with Crippen molar-refractivity contribution in [1.82, 2.24) is 4.98 Å². The smallest absolute Gasteiger partial charge is 0.234 e. The lowest BCUT2D eigenvalue weighted by molar-refractivity contribution is -0.119. The Hall–Kier alpha value is -2.36. The highest BCUT2D eigenvalue weighted by molar-refractivity contribution is 6.06. The zero-order valence-corrected chi connectivity index (χ0v) is 18.9. The minimum absolute atomic E-state index is 0.151. The van der Waals surface area contributed by atoms with Crippen molar-refractivity contribution in [2.45, 2.75) is 86.1 Å². The highest BCUT2D eigenvalue weighted by Crippen LogP contribution is 2.46. The standard InChI is InChI=1S/C25H34N2O2/c1-8-11-19-12-15(4)23(16(5)13-19)29-24-22-18(7)25(28)27(20(9-2)10-3)21(22)14-17(6)26-24/h12-14,18,20H,8-11H2,1-7H3. The van der Waals surface area contributed by atoms with Gasteiger partial charge >= 0.3 is 0 Å². The minimum Gasteiger partial charge on any atom is -0.438 e. The van der Waals surface area contributed by atoms with Gasteiger partial charge in [0.1, 0.15) is 5.75 Å². The molecule has 0 saturated carbocycles. The van der Waals surface area contributed by atoms with Crippen LogP contribution in [0.3, 0.4) is 0 Å². The first-order valence-corrected chi connectivity index (χ1v) is 10.9. The average Bonchev–Trinajstić information content (AvgIpc) is 2.91. The zero-order chi connectivity index (χ0) is 21.3. The number of carbonyl (C=O) groups excluding carboxylic acids is 1. The number of anilines is 1. The normalized spacial score (nSPS) is 15.9. The number of pyridine rings is 1. The van der Waals surface area contributed by atoms with Crippen molar-refractivity contribution in [2.24, 2.45) is 0 Å². The Kier molecular flexibility index (Phi) is 6.30. The molecule has 0 aliphatic carbocycles. The number of carbonyl (C=O) groups is 1. The second-order valence-corrected chi connectivity index (χ2v) is 8.31. The summed E-state index contributed by atoms with van der Waals surface area (Å²) >= 11 is 0. The lowest BCUT2D eigenvalue weighted by atomic mass is 10.0. The summed E-state index contributed by atoms with van der Waals surface area (Å²) in [6.45, 7) is 14.6. The lowest BCUT2D eigenvalue weighted by Gasteiger charge is -2.27. The van der Waals surface area contributed by atoms with E-state index in [9.17, 15) is 4.79 Å². The van der Waals surface area contributed by atoms with Gasteiger partial charge in [-0.2, -0.15) is 0 Å². The van der Waals surface area contributed by atoms with Crippen molar-refractivity contribution < 1.29 is 9.53 Å². The SMILES string of the molecule is CCCc1cc(C)c(Oc2nc(C)cc3c2C(C)C(=O)N3C(CC)CC)c(C)c1. The molecule has 1 aliphatic rings. The van der Waals surface area contributed by atoms with Crippen LogP contribution in [0.25, 0.3) is 0 Å². The molecule has 2 heterocycles. The third-order valence-electron chi connectivity index (χ3n) is 6.00. The molecule has 2 aromatic rings. The first-order chi connectivity index (χ1) is 13.8. The molecule has 0 saturated heterocycles. The van der Waals surface area contributed by atoms with Crippen LogP contribution in [0.5, 0.6) is 11.6 Å². The first-order valence-electron chi connectivity index (χ1n) is 10.9. The van der Waals surface area contributed by atoms with Crippen LogP contribution in [0.15, 0.2) is 18.2 Å². The number of fused-ring (bicyclic) bond motifs is 1. The monoisotopic (exact) mass is 394 g/mol. The maximum Gasteiger partial charge on any atom is 0.234 e. The largest absolute Gasteiger partial charge is 0.438 e. The van der Waals surface area contributed by atoms with E-state index in [1.165, 1.54) is 5.56 Å². The van der Waals surface area contributed by atoms with Crippen LogP contribution in [0.2, 0.25) is 0 Å². The van der Waals surface area contributed by atoms with Gasteiger partial charge in [0.25, 0.3) is 0 Å². The molecule has 0 bridgehead atoms. The molecule has 0 spiro atoms. The minimum atomic E-state index is -0.242. The first kappa shape index (κ1) is 21.4. The number of amides is 1. The Bertz CT molecular complexity index is 892. The summed E-state index contributed by atoms with van der Waals surface area (Å²) in [7, 11) is 0. The number of aromatic nitrogens is 1. The second kappa shape index (κ2) is 8.56. The van der Waals surface area contributed by atoms with Crippen LogP contribution < -0.4 is 9.64 Å². The van der Waals surface area contributed by atoms with E-state index >= 15 is 0 Å². The van der Waals surface area contributed by atoms with Crippen molar-refractivity contribution in [3.63, 3.8) is 0 Å². The van der Waals surface area contributed by atoms with Crippen LogP contribution in [0.1, 0.15) is 80.8 Å². The van der Waals surface area contributed by atoms with Gasteiger partial charge in [0.15, 0.2) is 0 Å². The van der Waals surface area contributed by atoms with Crippen molar-refractivity contribution >= 4 is 11.6 Å². The third kappa shape index (κ3) is 3.90. The van der Waals surface area contributed by atoms with E-state index in [1.807, 2.05) is 24.8 Å². The number of hydrogen-bond donors (Lipinski definition) is 0. The summed E-state index contributed by atoms with van der Waals surface area (Å²) in [5.74, 6) is 1.33. The van der Waals surface area contributed by atoms with Crippen LogP contribution in [0, 0.1) is 20.8 Å². The molecule has 1 aromatic carbocycles. The number of hydrogen-bond acceptors (Lipinski definition) is 3. The second-order valence-electron chi connectivity index (χ2n) is 8.31. The maximum atomic E-state index is 13.1. The fourth-order valence-electron chi connectivity index (χ4n) is 4.53. The molecule has 1 atom stereocenters. The number of nitrogens with zero attached hydrogens (tertiary/aromatic N) is 2. The van der Waals surface area contributed by atoms with E-state index in [0.717, 1.165) is 59.5 Å². The highest BCUT2D eigenvalue weighted by atomic mass is 16.5. The zero-order valence-electron chi connectivity index (χ0n) is 18.9. The molecular formula is C25H34N2O2. The Labute approximate surface area is 175 Å². The molecule has 4 nitrogen and oxygen atoms in total. The van der Waals surface area contributed by atoms with Gasteiger partial charge in [-0.05, 0) is 69.7 Å². The molecule has 1 aromatic heterocycles. The molecule has 1 unspecified atom stereocenters. The van der Waals surface area contributed by atoms with Gasteiger partial charge in [0.05, 0.1) is 17.2 Å². The Morgan fingerprint density at radius 2 is 1.69 bits per heavy atom.